The van der Waals surface area contributed by atoms with Crippen LogP contribution in [-0.2, 0) is 0 Å². The Bertz CT molecular complexity index is 1240. The van der Waals surface area contributed by atoms with E-state index in [0.29, 0.717) is 17.4 Å². The molecule has 1 saturated heterocycles. The molecule has 1 fully saturated rings. The number of carbonyl (C=O) groups excluding carboxylic acids is 1. The number of halogens is 1. The van der Waals surface area contributed by atoms with Crippen LogP contribution in [0.4, 0.5) is 11.5 Å². The summed E-state index contributed by atoms with van der Waals surface area (Å²) in [6.07, 6.45) is 5.12. The van der Waals surface area contributed by atoms with E-state index in [4.69, 9.17) is 15.1 Å². The van der Waals surface area contributed by atoms with Crippen molar-refractivity contribution in [2.75, 3.05) is 30.7 Å². The van der Waals surface area contributed by atoms with E-state index in [1.807, 2.05) is 35.2 Å². The van der Waals surface area contributed by atoms with E-state index in [2.05, 4.69) is 26.3 Å². The first-order valence-corrected chi connectivity index (χ1v) is 11.4. The van der Waals surface area contributed by atoms with Gasteiger partial charge in [-0.2, -0.15) is 9.61 Å². The van der Waals surface area contributed by atoms with E-state index in [1.165, 1.54) is 6.26 Å². The summed E-state index contributed by atoms with van der Waals surface area (Å²) in [6, 6.07) is 13.1. The van der Waals surface area contributed by atoms with E-state index >= 15 is 0 Å². The zero-order valence-corrected chi connectivity index (χ0v) is 19.0. The van der Waals surface area contributed by atoms with E-state index in [-0.39, 0.29) is 5.91 Å². The summed E-state index contributed by atoms with van der Waals surface area (Å²) in [4.78, 5) is 19.1. The van der Waals surface area contributed by atoms with Crippen molar-refractivity contribution in [3.8, 4) is 11.3 Å². The fourth-order valence-electron chi connectivity index (χ4n) is 4.08. The number of hydrogen-bond acceptors (Lipinski definition) is 6. The van der Waals surface area contributed by atoms with E-state index in [1.54, 1.807) is 22.8 Å². The van der Waals surface area contributed by atoms with Crippen LogP contribution < -0.4 is 11.1 Å². The normalized spacial score (nSPS) is 14.7. The van der Waals surface area contributed by atoms with Crippen LogP contribution in [0, 0.1) is 5.92 Å². The van der Waals surface area contributed by atoms with Gasteiger partial charge in [0.25, 0.3) is 5.91 Å². The van der Waals surface area contributed by atoms with Gasteiger partial charge in [-0.15, -0.1) is 0 Å². The summed E-state index contributed by atoms with van der Waals surface area (Å²) >= 11 is 3.54. The third-order valence-electron chi connectivity index (χ3n) is 5.87. The first-order chi connectivity index (χ1) is 15.6. The topological polar surface area (TPSA) is 102 Å². The van der Waals surface area contributed by atoms with Crippen LogP contribution in [0.5, 0.6) is 0 Å². The van der Waals surface area contributed by atoms with Gasteiger partial charge in [0.15, 0.2) is 11.4 Å². The van der Waals surface area contributed by atoms with Crippen LogP contribution in [-0.4, -0.2) is 45.0 Å². The number of furan rings is 1. The Morgan fingerprint density at radius 1 is 1.22 bits per heavy atom. The Morgan fingerprint density at radius 3 is 2.78 bits per heavy atom. The van der Waals surface area contributed by atoms with Gasteiger partial charge in [0, 0.05) is 37.0 Å². The number of fused-ring (bicyclic) bond motifs is 1. The van der Waals surface area contributed by atoms with Crippen molar-refractivity contribution in [3.05, 3.63) is 65.2 Å². The Balaban J connectivity index is 1.31. The van der Waals surface area contributed by atoms with Crippen LogP contribution in [0.2, 0.25) is 0 Å². The van der Waals surface area contributed by atoms with Crippen molar-refractivity contribution in [3.63, 3.8) is 0 Å². The zero-order valence-electron chi connectivity index (χ0n) is 17.4. The lowest BCUT2D eigenvalue weighted by Crippen LogP contribution is -2.39. The molecule has 1 amide bonds. The summed E-state index contributed by atoms with van der Waals surface area (Å²) in [5, 5.41) is 8.00. The van der Waals surface area contributed by atoms with E-state index < -0.39 is 0 Å². The molecular formula is C23H23BrN6O2. The highest BCUT2D eigenvalue weighted by atomic mass is 79.9. The minimum absolute atomic E-state index is 0.0382. The van der Waals surface area contributed by atoms with Gasteiger partial charge in [0.05, 0.1) is 22.6 Å². The number of nitrogens with one attached hydrogen (secondary N) is 1. The molecule has 9 heteroatoms. The van der Waals surface area contributed by atoms with Gasteiger partial charge in [-0.25, -0.2) is 4.98 Å². The molecule has 1 aromatic carbocycles. The number of amides is 1. The van der Waals surface area contributed by atoms with Crippen LogP contribution in [0.1, 0.15) is 23.4 Å². The molecule has 8 nitrogen and oxygen atoms in total. The number of benzene rings is 1. The number of likely N-dealkylation sites (tertiary alicyclic amines) is 1. The molecule has 1 aliphatic heterocycles. The molecule has 3 aromatic heterocycles. The fraction of sp³-hybridized carbons (Fsp3) is 0.261. The average molecular weight is 495 g/mol. The zero-order chi connectivity index (χ0) is 22.1. The highest BCUT2D eigenvalue weighted by Gasteiger charge is 2.25. The van der Waals surface area contributed by atoms with Crippen molar-refractivity contribution in [1.29, 1.82) is 0 Å². The minimum atomic E-state index is -0.0382. The van der Waals surface area contributed by atoms with Crippen molar-refractivity contribution in [2.24, 2.45) is 5.92 Å². The molecule has 5 rings (SSSR count). The molecule has 0 atom stereocenters. The average Bonchev–Trinajstić information content (AvgIpc) is 3.48. The number of rotatable bonds is 5. The standard InChI is InChI=1S/C23H23BrN6O2/c24-17-14-27-30-21(12-19(28-22(17)30)16-4-1-2-5-18(16)25)26-13-15-7-9-29(10-8-15)23(31)20-6-3-11-32-20/h1-6,11-12,14-15,26H,7-10,13,25H2. The first-order valence-electron chi connectivity index (χ1n) is 10.6. The van der Waals surface area contributed by atoms with Gasteiger partial charge in [-0.1, -0.05) is 18.2 Å². The minimum Gasteiger partial charge on any atom is -0.459 e. The van der Waals surface area contributed by atoms with Crippen molar-refractivity contribution >= 4 is 39.0 Å². The predicted molar refractivity (Wildman–Crippen MR) is 126 cm³/mol. The maximum Gasteiger partial charge on any atom is 0.289 e. The number of piperidine rings is 1. The second-order valence-electron chi connectivity index (χ2n) is 7.94. The number of carbonyl (C=O) groups is 1. The number of nitrogen functional groups attached to an aromatic ring is 1. The molecule has 164 valence electrons. The summed E-state index contributed by atoms with van der Waals surface area (Å²) in [5.41, 5.74) is 9.27. The van der Waals surface area contributed by atoms with Gasteiger partial charge >= 0.3 is 0 Å². The highest BCUT2D eigenvalue weighted by Crippen LogP contribution is 2.29. The van der Waals surface area contributed by atoms with Crippen LogP contribution >= 0.6 is 15.9 Å². The Morgan fingerprint density at radius 2 is 2.03 bits per heavy atom. The number of anilines is 2. The van der Waals surface area contributed by atoms with Gasteiger partial charge < -0.3 is 20.4 Å². The number of aromatic nitrogens is 3. The number of para-hydroxylation sites is 1. The van der Waals surface area contributed by atoms with Gasteiger partial charge in [-0.3, -0.25) is 4.79 Å². The molecule has 32 heavy (non-hydrogen) atoms. The second-order valence-corrected chi connectivity index (χ2v) is 8.79. The lowest BCUT2D eigenvalue weighted by Gasteiger charge is -2.31. The third-order valence-corrected chi connectivity index (χ3v) is 6.43. The number of hydrogen-bond donors (Lipinski definition) is 2. The summed E-state index contributed by atoms with van der Waals surface area (Å²) < 4.78 is 7.86. The summed E-state index contributed by atoms with van der Waals surface area (Å²) in [7, 11) is 0. The molecule has 0 saturated carbocycles. The lowest BCUT2D eigenvalue weighted by atomic mass is 9.96. The molecule has 0 aliphatic carbocycles. The summed E-state index contributed by atoms with van der Waals surface area (Å²) in [6.45, 7) is 2.22. The predicted octanol–water partition coefficient (Wildman–Crippen LogP) is 4.30. The third kappa shape index (κ3) is 3.95. The summed E-state index contributed by atoms with van der Waals surface area (Å²) in [5.74, 6) is 1.66. The SMILES string of the molecule is Nc1ccccc1-c1cc(NCC2CCN(C(=O)c3ccco3)CC2)n2ncc(Br)c2n1. The fourth-order valence-corrected chi connectivity index (χ4v) is 4.42. The van der Waals surface area contributed by atoms with Gasteiger partial charge in [0.2, 0.25) is 0 Å². The quantitative estimate of drug-likeness (QED) is 0.401. The number of nitrogens with two attached hydrogens (primary N) is 1. The molecule has 4 aromatic rings. The van der Waals surface area contributed by atoms with Crippen molar-refractivity contribution < 1.29 is 9.21 Å². The maximum atomic E-state index is 12.5. The van der Waals surface area contributed by atoms with Gasteiger partial charge in [-0.05, 0) is 52.9 Å². The second kappa shape index (κ2) is 8.66. The monoisotopic (exact) mass is 494 g/mol. The first kappa shape index (κ1) is 20.6. The van der Waals surface area contributed by atoms with Gasteiger partial charge in [0.1, 0.15) is 5.82 Å². The Hall–Kier alpha value is -3.33. The van der Waals surface area contributed by atoms with E-state index in [0.717, 1.165) is 59.7 Å². The molecule has 0 bridgehead atoms. The molecule has 3 N–H and O–H groups in total. The molecule has 4 heterocycles. The molecule has 1 aliphatic rings. The molecule has 0 unspecified atom stereocenters. The molecule has 0 radical (unpaired) electrons. The maximum absolute atomic E-state index is 12.5. The highest BCUT2D eigenvalue weighted by molar-refractivity contribution is 9.10. The van der Waals surface area contributed by atoms with Crippen molar-refractivity contribution in [2.45, 2.75) is 12.8 Å². The number of nitrogens with zero attached hydrogens (tertiary/aromatic N) is 4. The largest absolute Gasteiger partial charge is 0.459 e. The Kier molecular flexibility index (Phi) is 5.57. The Labute approximate surface area is 193 Å². The van der Waals surface area contributed by atoms with Crippen LogP contribution in [0.3, 0.4) is 0 Å². The van der Waals surface area contributed by atoms with Crippen molar-refractivity contribution in [1.82, 2.24) is 19.5 Å². The lowest BCUT2D eigenvalue weighted by molar-refractivity contribution is 0.0663. The molecule has 0 spiro atoms. The molecular weight excluding hydrogens is 472 g/mol. The van der Waals surface area contributed by atoms with Crippen LogP contribution in [0.15, 0.2) is 63.8 Å². The van der Waals surface area contributed by atoms with Crippen LogP contribution in [0.25, 0.3) is 16.9 Å². The smallest absolute Gasteiger partial charge is 0.289 e. The van der Waals surface area contributed by atoms with E-state index in [9.17, 15) is 4.79 Å².